The Bertz CT molecular complexity index is 346. The van der Waals surface area contributed by atoms with Crippen LogP contribution in [0.2, 0.25) is 0 Å². The number of nitrogens with zero attached hydrogens (tertiary/aromatic N) is 1. The van der Waals surface area contributed by atoms with Gasteiger partial charge in [-0.05, 0) is 36.4 Å². The van der Waals surface area contributed by atoms with Crippen molar-refractivity contribution in [3.63, 3.8) is 0 Å². The van der Waals surface area contributed by atoms with E-state index in [-0.39, 0.29) is 0 Å². The Kier molecular flexibility index (Phi) is 5.57. The average molecular weight is 234 g/mol. The lowest BCUT2D eigenvalue weighted by Crippen LogP contribution is -2.25. The van der Waals surface area contributed by atoms with Crippen LogP contribution in [0.4, 0.5) is 5.69 Å². The first-order valence-corrected chi connectivity index (χ1v) is 5.90. The summed E-state index contributed by atoms with van der Waals surface area (Å²) in [5, 5.41) is 3.28. The minimum absolute atomic E-state index is 0.860. The maximum Gasteiger partial charge on any atom is 0.119 e. The Morgan fingerprint density at radius 2 is 2.00 bits per heavy atom. The van der Waals surface area contributed by atoms with Crippen LogP contribution < -0.4 is 15.0 Å². The maximum absolute atomic E-state index is 5.14. The highest BCUT2D eigenvalue weighted by Crippen LogP contribution is 2.18. The van der Waals surface area contributed by atoms with Crippen LogP contribution in [-0.2, 0) is 0 Å². The molecular weight excluding hydrogens is 212 g/mol. The molecule has 0 aliphatic heterocycles. The molecule has 0 unspecified atom stereocenters. The summed E-state index contributed by atoms with van der Waals surface area (Å²) >= 11 is 0. The lowest BCUT2D eigenvalue weighted by molar-refractivity contribution is 0.415. The summed E-state index contributed by atoms with van der Waals surface area (Å²) in [6.07, 6.45) is 0. The molecule has 0 heterocycles. The van der Waals surface area contributed by atoms with Gasteiger partial charge in [-0.15, -0.1) is 0 Å². The molecule has 1 aromatic carbocycles. The SMILES string of the molecule is C=C(CNCC)CN(C)c1ccc(OC)cc1. The molecule has 0 radical (unpaired) electrons. The highest BCUT2D eigenvalue weighted by atomic mass is 16.5. The van der Waals surface area contributed by atoms with Gasteiger partial charge in [0.25, 0.3) is 0 Å². The number of hydrogen-bond donors (Lipinski definition) is 1. The third kappa shape index (κ3) is 4.49. The monoisotopic (exact) mass is 234 g/mol. The number of anilines is 1. The zero-order valence-electron chi connectivity index (χ0n) is 11.0. The summed E-state index contributed by atoms with van der Waals surface area (Å²) in [5.41, 5.74) is 2.36. The third-order valence-electron chi connectivity index (χ3n) is 2.60. The molecule has 0 bridgehead atoms. The van der Waals surface area contributed by atoms with Gasteiger partial charge >= 0.3 is 0 Å². The first kappa shape index (κ1) is 13.6. The van der Waals surface area contributed by atoms with E-state index in [1.165, 1.54) is 11.3 Å². The van der Waals surface area contributed by atoms with E-state index in [2.05, 4.69) is 42.9 Å². The van der Waals surface area contributed by atoms with Crippen LogP contribution in [0.25, 0.3) is 0 Å². The number of ether oxygens (including phenoxy) is 1. The van der Waals surface area contributed by atoms with Crippen LogP contribution in [0.3, 0.4) is 0 Å². The second-order valence-electron chi connectivity index (χ2n) is 4.08. The first-order valence-electron chi connectivity index (χ1n) is 5.90. The zero-order chi connectivity index (χ0) is 12.7. The van der Waals surface area contributed by atoms with Gasteiger partial charge in [-0.2, -0.15) is 0 Å². The van der Waals surface area contributed by atoms with Gasteiger partial charge in [0.05, 0.1) is 7.11 Å². The Balaban J connectivity index is 2.51. The van der Waals surface area contributed by atoms with Gasteiger partial charge in [-0.25, -0.2) is 0 Å². The third-order valence-corrected chi connectivity index (χ3v) is 2.60. The van der Waals surface area contributed by atoms with Crippen molar-refractivity contribution < 1.29 is 4.74 Å². The lowest BCUT2D eigenvalue weighted by Gasteiger charge is -2.21. The summed E-state index contributed by atoms with van der Waals surface area (Å²) < 4.78 is 5.14. The van der Waals surface area contributed by atoms with Crippen LogP contribution in [0.5, 0.6) is 5.75 Å². The molecule has 0 aliphatic rings. The molecule has 1 aromatic rings. The van der Waals surface area contributed by atoms with Gasteiger partial charge in [-0.3, -0.25) is 0 Å². The van der Waals surface area contributed by atoms with E-state index in [0.29, 0.717) is 0 Å². The number of methoxy groups -OCH3 is 1. The van der Waals surface area contributed by atoms with Gasteiger partial charge in [-0.1, -0.05) is 13.5 Å². The Morgan fingerprint density at radius 3 is 2.53 bits per heavy atom. The predicted octanol–water partition coefficient (Wildman–Crippen LogP) is 2.30. The van der Waals surface area contributed by atoms with Crippen molar-refractivity contribution >= 4 is 5.69 Å². The van der Waals surface area contributed by atoms with Crippen molar-refractivity contribution in [1.29, 1.82) is 0 Å². The number of benzene rings is 1. The summed E-state index contributed by atoms with van der Waals surface area (Å²) in [4.78, 5) is 2.18. The van der Waals surface area contributed by atoms with Crippen molar-refractivity contribution in [2.75, 3.05) is 38.7 Å². The van der Waals surface area contributed by atoms with E-state index in [0.717, 1.165) is 25.4 Å². The predicted molar refractivity (Wildman–Crippen MR) is 73.9 cm³/mol. The standard InChI is InChI=1S/C14H22N2O/c1-5-15-10-12(2)11-16(3)13-6-8-14(17-4)9-7-13/h6-9,15H,2,5,10-11H2,1,3-4H3. The minimum atomic E-state index is 0.860. The minimum Gasteiger partial charge on any atom is -0.497 e. The summed E-state index contributed by atoms with van der Waals surface area (Å²) in [6, 6.07) is 8.05. The van der Waals surface area contributed by atoms with E-state index in [1.807, 2.05) is 12.1 Å². The molecule has 17 heavy (non-hydrogen) atoms. The maximum atomic E-state index is 5.14. The van der Waals surface area contributed by atoms with Crippen molar-refractivity contribution in [3.8, 4) is 5.75 Å². The smallest absolute Gasteiger partial charge is 0.119 e. The van der Waals surface area contributed by atoms with Crippen molar-refractivity contribution in [3.05, 3.63) is 36.4 Å². The normalized spacial score (nSPS) is 10.1. The molecule has 0 spiro atoms. The molecule has 0 aliphatic carbocycles. The molecule has 1 N–H and O–H groups in total. The van der Waals surface area contributed by atoms with Gasteiger partial charge < -0.3 is 15.0 Å². The lowest BCUT2D eigenvalue weighted by atomic mass is 10.2. The van der Waals surface area contributed by atoms with Gasteiger partial charge in [0, 0.05) is 25.8 Å². The van der Waals surface area contributed by atoms with Crippen LogP contribution in [0.15, 0.2) is 36.4 Å². The molecule has 3 nitrogen and oxygen atoms in total. The molecule has 0 fully saturated rings. The molecule has 0 amide bonds. The van der Waals surface area contributed by atoms with Crippen molar-refractivity contribution in [2.24, 2.45) is 0 Å². The molecule has 1 rings (SSSR count). The van der Waals surface area contributed by atoms with Gasteiger partial charge in [0.2, 0.25) is 0 Å². The second-order valence-corrected chi connectivity index (χ2v) is 4.08. The fourth-order valence-corrected chi connectivity index (χ4v) is 1.62. The fraction of sp³-hybridized carbons (Fsp3) is 0.429. The van der Waals surface area contributed by atoms with Gasteiger partial charge in [0.15, 0.2) is 0 Å². The van der Waals surface area contributed by atoms with E-state index >= 15 is 0 Å². The van der Waals surface area contributed by atoms with E-state index in [1.54, 1.807) is 7.11 Å². The number of nitrogens with one attached hydrogen (secondary N) is 1. The van der Waals surface area contributed by atoms with E-state index < -0.39 is 0 Å². The molecule has 0 saturated carbocycles. The van der Waals surface area contributed by atoms with Crippen LogP contribution in [-0.4, -0.2) is 33.8 Å². The quantitative estimate of drug-likeness (QED) is 0.733. The van der Waals surface area contributed by atoms with Crippen LogP contribution in [0.1, 0.15) is 6.92 Å². The average Bonchev–Trinajstić information content (AvgIpc) is 2.36. The largest absolute Gasteiger partial charge is 0.497 e. The number of likely N-dealkylation sites (N-methyl/N-ethyl adjacent to an activating group) is 2. The molecule has 3 heteroatoms. The zero-order valence-corrected chi connectivity index (χ0v) is 11.0. The molecule has 0 aromatic heterocycles. The number of hydrogen-bond acceptors (Lipinski definition) is 3. The second kappa shape index (κ2) is 6.97. The van der Waals surface area contributed by atoms with E-state index in [4.69, 9.17) is 4.74 Å². The Labute approximate surface area is 104 Å². The highest BCUT2D eigenvalue weighted by molar-refractivity contribution is 5.49. The molecular formula is C14H22N2O. The van der Waals surface area contributed by atoms with E-state index in [9.17, 15) is 0 Å². The summed E-state index contributed by atoms with van der Waals surface area (Å²) in [6.45, 7) is 8.87. The molecule has 0 saturated heterocycles. The Hall–Kier alpha value is -1.48. The number of rotatable bonds is 7. The Morgan fingerprint density at radius 1 is 1.35 bits per heavy atom. The molecule has 0 atom stereocenters. The summed E-state index contributed by atoms with van der Waals surface area (Å²) in [5.74, 6) is 0.883. The topological polar surface area (TPSA) is 24.5 Å². The highest BCUT2D eigenvalue weighted by Gasteiger charge is 2.02. The van der Waals surface area contributed by atoms with Gasteiger partial charge in [0.1, 0.15) is 5.75 Å². The van der Waals surface area contributed by atoms with Crippen molar-refractivity contribution in [2.45, 2.75) is 6.92 Å². The van der Waals surface area contributed by atoms with Crippen LogP contribution in [0, 0.1) is 0 Å². The molecule has 94 valence electrons. The van der Waals surface area contributed by atoms with Crippen molar-refractivity contribution in [1.82, 2.24) is 5.32 Å². The summed E-state index contributed by atoms with van der Waals surface area (Å²) in [7, 11) is 3.75. The van der Waals surface area contributed by atoms with Crippen LogP contribution >= 0.6 is 0 Å². The fourth-order valence-electron chi connectivity index (χ4n) is 1.62. The first-order chi connectivity index (χ1) is 8.17.